The highest BCUT2D eigenvalue weighted by Gasteiger charge is 2.26. The molecule has 0 aliphatic carbocycles. The fraction of sp³-hybridized carbons (Fsp3) is 1.00. The van der Waals surface area contributed by atoms with Crippen LogP contribution < -0.4 is 0 Å². The number of alkyl halides is 4. The first-order valence-corrected chi connectivity index (χ1v) is 5.37. The Hall–Kier alpha value is -0.0000000000000000555. The van der Waals surface area contributed by atoms with Gasteiger partial charge in [-0.3, -0.25) is 4.90 Å². The molecule has 92 valence electrons. The van der Waals surface area contributed by atoms with Crippen LogP contribution in [-0.4, -0.2) is 50.3 Å². The molecule has 0 amide bonds. The minimum atomic E-state index is -4.06. The average molecular weight is 248 g/mol. The number of hydrogen-bond donors (Lipinski definition) is 0. The van der Waals surface area contributed by atoms with E-state index < -0.39 is 12.6 Å². The zero-order valence-corrected chi connectivity index (χ0v) is 9.57. The Kier molecular flexibility index (Phi) is 8.19. The molecule has 0 rings (SSSR count). The van der Waals surface area contributed by atoms with Gasteiger partial charge in [-0.2, -0.15) is 13.2 Å². The number of rotatable bonds is 8. The van der Waals surface area contributed by atoms with Crippen LogP contribution in [-0.2, 0) is 4.74 Å². The molecule has 0 radical (unpaired) electrons. The van der Waals surface area contributed by atoms with Crippen molar-refractivity contribution in [1.29, 1.82) is 0 Å². The van der Waals surface area contributed by atoms with E-state index in [1.54, 1.807) is 7.11 Å². The van der Waals surface area contributed by atoms with Gasteiger partial charge in [-0.25, -0.2) is 0 Å². The first kappa shape index (κ1) is 15.0. The average Bonchev–Trinajstić information content (AvgIpc) is 2.12. The second-order valence-corrected chi connectivity index (χ2v) is 3.62. The summed E-state index contributed by atoms with van der Waals surface area (Å²) in [5, 5.41) is 0. The first-order chi connectivity index (χ1) is 6.99. The molecular weight excluding hydrogens is 231 g/mol. The van der Waals surface area contributed by atoms with Gasteiger partial charge in [0.15, 0.2) is 0 Å². The number of nitrogens with zero attached hydrogens (tertiary/aromatic N) is 1. The Morgan fingerprint density at radius 3 is 2.33 bits per heavy atom. The van der Waals surface area contributed by atoms with Crippen LogP contribution in [0.5, 0.6) is 0 Å². The molecule has 0 N–H and O–H groups in total. The summed E-state index contributed by atoms with van der Waals surface area (Å²) in [7, 11) is 1.56. The smallest absolute Gasteiger partial charge is 0.383 e. The number of hydrogen-bond acceptors (Lipinski definition) is 2. The van der Waals surface area contributed by atoms with Crippen LogP contribution in [0.25, 0.3) is 0 Å². The predicted octanol–water partition coefficient (Wildman–Crippen LogP) is 2.52. The largest absolute Gasteiger partial charge is 0.389 e. The van der Waals surface area contributed by atoms with Crippen molar-refractivity contribution in [1.82, 2.24) is 4.90 Å². The van der Waals surface area contributed by atoms with Crippen LogP contribution in [0.15, 0.2) is 0 Å². The van der Waals surface area contributed by atoms with E-state index in [9.17, 15) is 13.2 Å². The van der Waals surface area contributed by atoms with Gasteiger partial charge >= 0.3 is 6.18 Å². The molecular formula is C9H17ClF3NO. The van der Waals surface area contributed by atoms with Crippen molar-refractivity contribution in [2.24, 2.45) is 0 Å². The molecule has 0 saturated heterocycles. The minimum Gasteiger partial charge on any atom is -0.383 e. The maximum atomic E-state index is 11.9. The lowest BCUT2D eigenvalue weighted by Crippen LogP contribution is -2.31. The van der Waals surface area contributed by atoms with E-state index in [2.05, 4.69) is 0 Å². The van der Waals surface area contributed by atoms with E-state index in [0.29, 0.717) is 32.1 Å². The predicted molar refractivity (Wildman–Crippen MR) is 54.3 cm³/mol. The highest BCUT2D eigenvalue weighted by Crippen LogP contribution is 2.21. The number of halogens is 4. The lowest BCUT2D eigenvalue weighted by atomic mass is 10.3. The van der Waals surface area contributed by atoms with E-state index in [-0.39, 0.29) is 6.42 Å². The van der Waals surface area contributed by atoms with Gasteiger partial charge in [0.25, 0.3) is 0 Å². The SMILES string of the molecule is COCCN(CCCl)CCCC(F)(F)F. The summed E-state index contributed by atoms with van der Waals surface area (Å²) < 4.78 is 40.5. The minimum absolute atomic E-state index is 0.115. The Labute approximate surface area is 93.3 Å². The van der Waals surface area contributed by atoms with Crippen LogP contribution >= 0.6 is 11.6 Å². The van der Waals surface area contributed by atoms with Gasteiger partial charge in [0.1, 0.15) is 0 Å². The quantitative estimate of drug-likeness (QED) is 0.611. The van der Waals surface area contributed by atoms with Crippen LogP contribution in [0.1, 0.15) is 12.8 Å². The van der Waals surface area contributed by atoms with Crippen LogP contribution in [0, 0.1) is 0 Å². The van der Waals surface area contributed by atoms with Crippen LogP contribution in [0.4, 0.5) is 13.2 Å². The molecule has 0 aliphatic heterocycles. The third kappa shape index (κ3) is 10.3. The maximum absolute atomic E-state index is 11.9. The van der Waals surface area contributed by atoms with E-state index in [0.717, 1.165) is 0 Å². The van der Waals surface area contributed by atoms with Gasteiger partial charge in [-0.05, 0) is 13.0 Å². The Balaban J connectivity index is 3.65. The van der Waals surface area contributed by atoms with Crippen LogP contribution in [0.2, 0.25) is 0 Å². The fourth-order valence-corrected chi connectivity index (χ4v) is 1.42. The lowest BCUT2D eigenvalue weighted by molar-refractivity contribution is -0.136. The molecule has 0 aromatic carbocycles. The van der Waals surface area contributed by atoms with Crippen molar-refractivity contribution in [3.63, 3.8) is 0 Å². The molecule has 0 aromatic rings. The normalized spacial score (nSPS) is 12.4. The zero-order valence-electron chi connectivity index (χ0n) is 8.82. The summed E-state index contributed by atoms with van der Waals surface area (Å²) in [4.78, 5) is 1.88. The Morgan fingerprint density at radius 2 is 1.87 bits per heavy atom. The second-order valence-electron chi connectivity index (χ2n) is 3.24. The van der Waals surface area contributed by atoms with Crippen molar-refractivity contribution >= 4 is 11.6 Å². The number of ether oxygens (including phenoxy) is 1. The Morgan fingerprint density at radius 1 is 1.20 bits per heavy atom. The summed E-state index contributed by atoms with van der Waals surface area (Å²) in [5.41, 5.74) is 0. The van der Waals surface area contributed by atoms with Crippen molar-refractivity contribution in [2.75, 3.05) is 39.2 Å². The zero-order chi connectivity index (χ0) is 11.7. The van der Waals surface area contributed by atoms with E-state index in [1.807, 2.05) is 4.90 Å². The molecule has 2 nitrogen and oxygen atoms in total. The van der Waals surface area contributed by atoms with Crippen molar-refractivity contribution < 1.29 is 17.9 Å². The van der Waals surface area contributed by atoms with Crippen molar-refractivity contribution in [3.05, 3.63) is 0 Å². The molecule has 6 heteroatoms. The summed E-state index contributed by atoms with van der Waals surface area (Å²) in [6.45, 7) is 2.16. The topological polar surface area (TPSA) is 12.5 Å². The highest BCUT2D eigenvalue weighted by molar-refractivity contribution is 6.18. The maximum Gasteiger partial charge on any atom is 0.389 e. The molecule has 0 saturated carbocycles. The summed E-state index contributed by atoms with van der Waals surface area (Å²) in [6, 6.07) is 0. The summed E-state index contributed by atoms with van der Waals surface area (Å²) >= 11 is 5.54. The summed E-state index contributed by atoms with van der Waals surface area (Å²) in [5.74, 6) is 0.426. The summed E-state index contributed by atoms with van der Waals surface area (Å²) in [6.07, 6.45) is -4.68. The van der Waals surface area contributed by atoms with Gasteiger partial charge in [-0.1, -0.05) is 0 Å². The van der Waals surface area contributed by atoms with E-state index in [4.69, 9.17) is 16.3 Å². The molecule has 0 spiro atoms. The van der Waals surface area contributed by atoms with Gasteiger partial charge in [0, 0.05) is 32.5 Å². The Bertz CT molecular complexity index is 155. The van der Waals surface area contributed by atoms with Gasteiger partial charge in [0.2, 0.25) is 0 Å². The molecule has 15 heavy (non-hydrogen) atoms. The second kappa shape index (κ2) is 8.19. The standard InChI is InChI=1S/C9H17ClF3NO/c1-15-8-7-14(6-4-10)5-2-3-9(11,12)13/h2-8H2,1H3. The lowest BCUT2D eigenvalue weighted by Gasteiger charge is -2.20. The molecule has 0 aromatic heterocycles. The van der Waals surface area contributed by atoms with E-state index in [1.165, 1.54) is 0 Å². The third-order valence-corrected chi connectivity index (χ3v) is 2.12. The number of methoxy groups -OCH3 is 1. The fourth-order valence-electron chi connectivity index (χ4n) is 1.18. The molecule has 0 heterocycles. The third-order valence-electron chi connectivity index (χ3n) is 1.95. The van der Waals surface area contributed by atoms with Gasteiger partial charge in [0.05, 0.1) is 6.61 Å². The van der Waals surface area contributed by atoms with Crippen molar-refractivity contribution in [3.8, 4) is 0 Å². The molecule has 0 unspecified atom stereocenters. The monoisotopic (exact) mass is 247 g/mol. The van der Waals surface area contributed by atoms with Gasteiger partial charge < -0.3 is 4.74 Å². The highest BCUT2D eigenvalue weighted by atomic mass is 35.5. The molecule has 0 aliphatic rings. The first-order valence-electron chi connectivity index (χ1n) is 4.83. The molecule has 0 fully saturated rings. The van der Waals surface area contributed by atoms with E-state index >= 15 is 0 Å². The van der Waals surface area contributed by atoms with Gasteiger partial charge in [-0.15, -0.1) is 11.6 Å². The molecule has 0 bridgehead atoms. The molecule has 0 atom stereocenters. The van der Waals surface area contributed by atoms with Crippen molar-refractivity contribution in [2.45, 2.75) is 19.0 Å². The van der Waals surface area contributed by atoms with Crippen LogP contribution in [0.3, 0.4) is 0 Å².